The van der Waals surface area contributed by atoms with Gasteiger partial charge in [-0.3, -0.25) is 9.59 Å². The van der Waals surface area contributed by atoms with Gasteiger partial charge >= 0.3 is 0 Å². The number of fused-ring (bicyclic) bond motifs is 1. The van der Waals surface area contributed by atoms with Crippen LogP contribution in [0.1, 0.15) is 48.7 Å². The molecule has 0 bridgehead atoms. The first kappa shape index (κ1) is 19.6. The third-order valence-corrected chi connectivity index (χ3v) is 6.22. The molecule has 1 aliphatic carbocycles. The Labute approximate surface area is 174 Å². The van der Waals surface area contributed by atoms with Gasteiger partial charge in [0.15, 0.2) is 0 Å². The number of rotatable bonds is 4. The lowest BCUT2D eigenvalue weighted by Gasteiger charge is -2.46. The highest BCUT2D eigenvalue weighted by molar-refractivity contribution is 6.30. The first-order valence-corrected chi connectivity index (χ1v) is 10.1. The van der Waals surface area contributed by atoms with Crippen molar-refractivity contribution in [1.29, 1.82) is 0 Å². The van der Waals surface area contributed by atoms with Gasteiger partial charge in [-0.25, -0.2) is 0 Å². The van der Waals surface area contributed by atoms with Crippen LogP contribution in [0.15, 0.2) is 36.4 Å². The van der Waals surface area contributed by atoms with E-state index in [1.54, 1.807) is 37.3 Å². The van der Waals surface area contributed by atoms with Crippen molar-refractivity contribution in [3.8, 4) is 5.75 Å². The molecule has 29 heavy (non-hydrogen) atoms. The quantitative estimate of drug-likeness (QED) is 0.658. The fourth-order valence-electron chi connectivity index (χ4n) is 4.51. The molecule has 2 aromatic carbocycles. The molecule has 1 fully saturated rings. The van der Waals surface area contributed by atoms with Gasteiger partial charge in [0, 0.05) is 41.2 Å². The van der Waals surface area contributed by atoms with Gasteiger partial charge in [0.05, 0.1) is 11.7 Å². The number of phenolic OH excluding ortho intramolecular Hbond substituents is 1. The lowest BCUT2D eigenvalue weighted by Crippen LogP contribution is -2.51. The van der Waals surface area contributed by atoms with E-state index in [9.17, 15) is 14.7 Å². The van der Waals surface area contributed by atoms with Crippen LogP contribution in [0.5, 0.6) is 5.75 Å². The maximum Gasteiger partial charge on any atom is 0.248 e. The van der Waals surface area contributed by atoms with Gasteiger partial charge in [-0.1, -0.05) is 18.5 Å². The lowest BCUT2D eigenvalue weighted by molar-refractivity contribution is -0.117. The molecule has 6 nitrogen and oxygen atoms in total. The maximum absolute atomic E-state index is 12.6. The van der Waals surface area contributed by atoms with E-state index in [-0.39, 0.29) is 29.7 Å². The first-order valence-electron chi connectivity index (χ1n) is 9.76. The molecule has 1 aliphatic heterocycles. The summed E-state index contributed by atoms with van der Waals surface area (Å²) < 4.78 is 0. The zero-order valence-corrected chi connectivity index (χ0v) is 17.1. The molecule has 4 rings (SSSR count). The van der Waals surface area contributed by atoms with Crippen LogP contribution in [-0.4, -0.2) is 23.0 Å². The normalized spacial score (nSPS) is 23.4. The van der Waals surface area contributed by atoms with E-state index in [1.807, 2.05) is 4.90 Å². The van der Waals surface area contributed by atoms with Gasteiger partial charge in [-0.05, 0) is 54.7 Å². The van der Waals surface area contributed by atoms with Crippen LogP contribution in [0, 0.1) is 11.8 Å². The molecule has 3 atom stereocenters. The fourth-order valence-corrected chi connectivity index (χ4v) is 4.68. The molecule has 1 heterocycles. The van der Waals surface area contributed by atoms with Crippen LogP contribution in [0.2, 0.25) is 5.02 Å². The van der Waals surface area contributed by atoms with Crippen molar-refractivity contribution in [2.45, 2.75) is 38.8 Å². The average Bonchev–Trinajstić information content (AvgIpc) is 3.49. The van der Waals surface area contributed by atoms with Gasteiger partial charge in [-0.2, -0.15) is 0 Å². The minimum absolute atomic E-state index is 0.0189. The Hall–Kier alpha value is -2.73. The van der Waals surface area contributed by atoms with Crippen molar-refractivity contribution >= 4 is 34.8 Å². The number of nitrogens with zero attached hydrogens (tertiary/aromatic N) is 1. The van der Waals surface area contributed by atoms with Gasteiger partial charge in [0.1, 0.15) is 5.75 Å². The smallest absolute Gasteiger partial charge is 0.248 e. The SMILES string of the molecule is CC(=O)N1c2ccc(C(N)=O)cc2[C@H](Nc2ccc(Cl)cc2O)[C@@H](C)[C@@H]1C1CC1. The van der Waals surface area contributed by atoms with E-state index in [0.29, 0.717) is 22.2 Å². The monoisotopic (exact) mass is 413 g/mol. The van der Waals surface area contributed by atoms with Crippen LogP contribution in [-0.2, 0) is 4.79 Å². The van der Waals surface area contributed by atoms with Crippen LogP contribution < -0.4 is 16.0 Å². The number of nitrogens with one attached hydrogen (secondary N) is 1. The fraction of sp³-hybridized carbons (Fsp3) is 0.364. The Bertz CT molecular complexity index is 989. The number of halogens is 1. The summed E-state index contributed by atoms with van der Waals surface area (Å²) in [5.41, 5.74) is 8.04. The Morgan fingerprint density at radius 3 is 2.52 bits per heavy atom. The Morgan fingerprint density at radius 2 is 1.93 bits per heavy atom. The number of nitrogens with two attached hydrogens (primary N) is 1. The minimum atomic E-state index is -0.521. The lowest BCUT2D eigenvalue weighted by atomic mass is 9.79. The van der Waals surface area contributed by atoms with Crippen molar-refractivity contribution < 1.29 is 14.7 Å². The molecule has 0 spiro atoms. The molecule has 2 aromatic rings. The van der Waals surface area contributed by atoms with Gasteiger partial charge in [0.25, 0.3) is 0 Å². The summed E-state index contributed by atoms with van der Waals surface area (Å²) in [4.78, 5) is 26.2. The predicted molar refractivity (Wildman–Crippen MR) is 113 cm³/mol. The maximum atomic E-state index is 12.6. The second-order valence-electron chi connectivity index (χ2n) is 8.00. The number of benzene rings is 2. The molecule has 0 radical (unpaired) electrons. The number of primary amides is 1. The molecule has 7 heteroatoms. The standard InChI is InChI=1S/C22H24ClN3O3/c1-11-20(25-17-7-6-15(23)10-19(17)28)16-9-14(22(24)29)5-8-18(16)26(12(2)27)21(11)13-3-4-13/h5-11,13,20-21,25,28H,3-4H2,1-2H3,(H2,24,29)/t11-,20-,21-/m1/s1. The highest BCUT2D eigenvalue weighted by Gasteiger charge is 2.47. The molecular weight excluding hydrogens is 390 g/mol. The van der Waals surface area contributed by atoms with Crippen molar-refractivity contribution in [2.24, 2.45) is 17.6 Å². The summed E-state index contributed by atoms with van der Waals surface area (Å²) in [6.07, 6.45) is 2.18. The number of phenols is 1. The van der Waals surface area contributed by atoms with E-state index in [1.165, 1.54) is 6.07 Å². The third kappa shape index (κ3) is 3.53. The van der Waals surface area contributed by atoms with E-state index < -0.39 is 5.91 Å². The van der Waals surface area contributed by atoms with Gasteiger partial charge < -0.3 is 21.1 Å². The van der Waals surface area contributed by atoms with Crippen molar-refractivity contribution in [3.63, 3.8) is 0 Å². The Balaban J connectivity index is 1.84. The highest BCUT2D eigenvalue weighted by atomic mass is 35.5. The summed E-state index contributed by atoms with van der Waals surface area (Å²) in [6, 6.07) is 9.96. The number of hydrogen-bond donors (Lipinski definition) is 3. The number of hydrogen-bond acceptors (Lipinski definition) is 4. The van der Waals surface area contributed by atoms with Crippen LogP contribution >= 0.6 is 11.6 Å². The van der Waals surface area contributed by atoms with E-state index >= 15 is 0 Å². The minimum Gasteiger partial charge on any atom is -0.506 e. The molecule has 2 aliphatic rings. The summed E-state index contributed by atoms with van der Waals surface area (Å²) in [7, 11) is 0. The molecule has 2 amide bonds. The number of carbonyl (C=O) groups is 2. The second kappa shape index (κ2) is 7.26. The molecule has 152 valence electrons. The largest absolute Gasteiger partial charge is 0.506 e. The number of anilines is 2. The van der Waals surface area contributed by atoms with E-state index in [0.717, 1.165) is 24.1 Å². The van der Waals surface area contributed by atoms with Crippen LogP contribution in [0.4, 0.5) is 11.4 Å². The first-order chi connectivity index (χ1) is 13.8. The molecule has 1 saturated carbocycles. The van der Waals surface area contributed by atoms with Gasteiger partial charge in [-0.15, -0.1) is 0 Å². The second-order valence-corrected chi connectivity index (χ2v) is 8.43. The van der Waals surface area contributed by atoms with Crippen molar-refractivity contribution in [3.05, 3.63) is 52.5 Å². The summed E-state index contributed by atoms with van der Waals surface area (Å²) >= 11 is 5.97. The van der Waals surface area contributed by atoms with Crippen LogP contribution in [0.25, 0.3) is 0 Å². The van der Waals surface area contributed by atoms with E-state index in [2.05, 4.69) is 12.2 Å². The van der Waals surface area contributed by atoms with Gasteiger partial charge in [0.2, 0.25) is 11.8 Å². The Morgan fingerprint density at radius 1 is 1.21 bits per heavy atom. The average molecular weight is 414 g/mol. The summed E-state index contributed by atoms with van der Waals surface area (Å²) in [6.45, 7) is 3.68. The summed E-state index contributed by atoms with van der Waals surface area (Å²) in [5, 5.41) is 14.2. The zero-order chi connectivity index (χ0) is 20.9. The third-order valence-electron chi connectivity index (χ3n) is 5.98. The van der Waals surface area contributed by atoms with E-state index in [4.69, 9.17) is 17.3 Å². The topological polar surface area (TPSA) is 95.7 Å². The predicted octanol–water partition coefficient (Wildman–Crippen LogP) is 4.08. The van der Waals surface area contributed by atoms with Crippen molar-refractivity contribution in [2.75, 3.05) is 10.2 Å². The molecule has 4 N–H and O–H groups in total. The van der Waals surface area contributed by atoms with Crippen LogP contribution in [0.3, 0.4) is 0 Å². The number of carbonyl (C=O) groups excluding carboxylic acids is 2. The molecule has 0 saturated heterocycles. The number of amides is 2. The molecule has 0 unspecified atom stereocenters. The zero-order valence-electron chi connectivity index (χ0n) is 16.4. The molecule has 0 aromatic heterocycles. The van der Waals surface area contributed by atoms with Crippen molar-refractivity contribution in [1.82, 2.24) is 0 Å². The Kier molecular flexibility index (Phi) is 4.90. The number of aromatic hydroxyl groups is 1. The summed E-state index contributed by atoms with van der Waals surface area (Å²) in [5.74, 6) is 0.00853. The highest BCUT2D eigenvalue weighted by Crippen LogP contribution is 2.50. The molecular formula is C22H24ClN3O3.